The Kier molecular flexibility index (Phi) is 6.94. The monoisotopic (exact) mass is 404 g/mol. The molecule has 0 spiro atoms. The smallest absolute Gasteiger partial charge is 0.253 e. The molecule has 150 valence electrons. The van der Waals surface area contributed by atoms with Crippen molar-refractivity contribution in [3.8, 4) is 0 Å². The molecule has 0 N–H and O–H groups in total. The molecule has 1 atom stereocenters. The first-order valence-electron chi connectivity index (χ1n) is 9.74. The minimum absolute atomic E-state index is 0.00735. The summed E-state index contributed by atoms with van der Waals surface area (Å²) in [6.45, 7) is 7.19. The maximum absolute atomic E-state index is 14.1. The Labute approximate surface area is 169 Å². The number of hydrogen-bond donors (Lipinski definition) is 0. The van der Waals surface area contributed by atoms with Crippen LogP contribution >= 0.6 is 11.8 Å². The molecule has 0 aromatic heterocycles. The normalized spacial score (nSPS) is 17.3. The van der Waals surface area contributed by atoms with E-state index in [1.165, 1.54) is 12.1 Å². The van der Waals surface area contributed by atoms with Crippen LogP contribution in [0.1, 0.15) is 41.4 Å². The van der Waals surface area contributed by atoms with Crippen molar-refractivity contribution in [1.82, 2.24) is 4.90 Å². The Morgan fingerprint density at radius 1 is 1.11 bits per heavy atom. The highest BCUT2D eigenvalue weighted by atomic mass is 32.2. The molecule has 1 unspecified atom stereocenters. The molecule has 0 bridgehead atoms. The van der Waals surface area contributed by atoms with Crippen LogP contribution in [0.3, 0.4) is 0 Å². The van der Waals surface area contributed by atoms with Gasteiger partial charge >= 0.3 is 0 Å². The van der Waals surface area contributed by atoms with Crippen LogP contribution in [0.4, 0.5) is 14.5 Å². The zero-order valence-electron chi connectivity index (χ0n) is 16.3. The van der Waals surface area contributed by atoms with Crippen LogP contribution in [0, 0.1) is 11.6 Å². The molecule has 28 heavy (non-hydrogen) atoms. The third-order valence-electron chi connectivity index (χ3n) is 5.18. The van der Waals surface area contributed by atoms with Crippen molar-refractivity contribution in [3.63, 3.8) is 0 Å². The maximum atomic E-state index is 14.1. The fourth-order valence-corrected chi connectivity index (χ4v) is 4.81. The van der Waals surface area contributed by atoms with Crippen molar-refractivity contribution in [2.24, 2.45) is 0 Å². The van der Waals surface area contributed by atoms with E-state index in [9.17, 15) is 13.6 Å². The summed E-state index contributed by atoms with van der Waals surface area (Å²) in [5, 5.41) is -0.140. The fourth-order valence-electron chi connectivity index (χ4n) is 3.57. The molecular formula is C22H26F2N2OS. The topological polar surface area (TPSA) is 23.6 Å². The van der Waals surface area contributed by atoms with Crippen LogP contribution in [0.15, 0.2) is 42.5 Å². The number of hydrogen-bond acceptors (Lipinski definition) is 3. The van der Waals surface area contributed by atoms with E-state index >= 15 is 0 Å². The van der Waals surface area contributed by atoms with Gasteiger partial charge in [-0.15, -0.1) is 0 Å². The van der Waals surface area contributed by atoms with Crippen molar-refractivity contribution in [2.45, 2.75) is 25.5 Å². The number of carbonyl (C=O) groups excluding carboxylic acids is 1. The lowest BCUT2D eigenvalue weighted by atomic mass is 10.1. The standard InChI is InChI=1S/C22H26F2N2OS/c1-3-25(4-2)18-8-5-16(6-9-18)22(27)26-12-11-21(28-14-13-26)19-15-17(23)7-10-20(19)24/h5-10,15,21H,3-4,11-14H2,1-2H3. The predicted molar refractivity (Wildman–Crippen MR) is 112 cm³/mol. The number of carbonyl (C=O) groups is 1. The Balaban J connectivity index is 1.68. The van der Waals surface area contributed by atoms with Crippen molar-refractivity contribution < 1.29 is 13.6 Å². The molecule has 2 aromatic carbocycles. The van der Waals surface area contributed by atoms with E-state index < -0.39 is 5.82 Å². The van der Waals surface area contributed by atoms with Crippen LogP contribution in [0.25, 0.3) is 0 Å². The van der Waals surface area contributed by atoms with E-state index in [2.05, 4.69) is 18.7 Å². The Bertz CT molecular complexity index is 809. The van der Waals surface area contributed by atoms with Crippen molar-refractivity contribution in [1.29, 1.82) is 0 Å². The predicted octanol–water partition coefficient (Wildman–Crippen LogP) is 5.13. The molecule has 1 saturated heterocycles. The fraction of sp³-hybridized carbons (Fsp3) is 0.409. The third kappa shape index (κ3) is 4.66. The molecule has 1 heterocycles. The summed E-state index contributed by atoms with van der Waals surface area (Å²) in [5.41, 5.74) is 2.16. The summed E-state index contributed by atoms with van der Waals surface area (Å²) in [7, 11) is 0. The van der Waals surface area contributed by atoms with Gasteiger partial charge in [0.15, 0.2) is 0 Å². The SMILES string of the molecule is CCN(CC)c1ccc(C(=O)N2CCSC(c3cc(F)ccc3F)CC2)cc1. The van der Waals surface area contributed by atoms with Gasteiger partial charge in [0, 0.05) is 54.0 Å². The molecule has 0 aliphatic carbocycles. The average molecular weight is 405 g/mol. The highest BCUT2D eigenvalue weighted by Gasteiger charge is 2.25. The Hall–Kier alpha value is -2.08. The highest BCUT2D eigenvalue weighted by molar-refractivity contribution is 7.99. The molecule has 0 saturated carbocycles. The zero-order chi connectivity index (χ0) is 20.1. The summed E-state index contributed by atoms with van der Waals surface area (Å²) >= 11 is 1.58. The summed E-state index contributed by atoms with van der Waals surface area (Å²) in [5.74, 6) is -0.121. The molecule has 1 aliphatic rings. The van der Waals surface area contributed by atoms with E-state index in [1.807, 2.05) is 29.2 Å². The van der Waals surface area contributed by atoms with Gasteiger partial charge in [-0.05, 0) is 62.7 Å². The summed E-state index contributed by atoms with van der Waals surface area (Å²) in [4.78, 5) is 17.0. The number of halogens is 2. The van der Waals surface area contributed by atoms with Gasteiger partial charge in [0.2, 0.25) is 0 Å². The van der Waals surface area contributed by atoms with E-state index in [1.54, 1.807) is 11.8 Å². The van der Waals surface area contributed by atoms with Gasteiger partial charge in [-0.3, -0.25) is 4.79 Å². The minimum Gasteiger partial charge on any atom is -0.372 e. The van der Waals surface area contributed by atoms with Gasteiger partial charge in [-0.2, -0.15) is 11.8 Å². The summed E-state index contributed by atoms with van der Waals surface area (Å²) in [6.07, 6.45) is 0.605. The zero-order valence-corrected chi connectivity index (χ0v) is 17.1. The lowest BCUT2D eigenvalue weighted by molar-refractivity contribution is 0.0766. The van der Waals surface area contributed by atoms with Crippen LogP contribution in [0.5, 0.6) is 0 Å². The van der Waals surface area contributed by atoms with Gasteiger partial charge < -0.3 is 9.80 Å². The first-order chi connectivity index (χ1) is 13.5. The van der Waals surface area contributed by atoms with Crippen molar-refractivity contribution in [3.05, 3.63) is 65.2 Å². The van der Waals surface area contributed by atoms with E-state index in [0.29, 0.717) is 36.4 Å². The van der Waals surface area contributed by atoms with Gasteiger partial charge in [0.05, 0.1) is 0 Å². The van der Waals surface area contributed by atoms with E-state index in [4.69, 9.17) is 0 Å². The summed E-state index contributed by atoms with van der Waals surface area (Å²) < 4.78 is 27.6. The number of nitrogens with zero attached hydrogens (tertiary/aromatic N) is 2. The number of anilines is 1. The number of benzene rings is 2. The first-order valence-corrected chi connectivity index (χ1v) is 10.8. The molecule has 2 aromatic rings. The maximum Gasteiger partial charge on any atom is 0.253 e. The molecule has 3 rings (SSSR count). The molecule has 1 aliphatic heterocycles. The van der Waals surface area contributed by atoms with Crippen LogP contribution in [-0.2, 0) is 0 Å². The number of thioether (sulfide) groups is 1. The Morgan fingerprint density at radius 2 is 1.82 bits per heavy atom. The number of rotatable bonds is 5. The van der Waals surface area contributed by atoms with Crippen molar-refractivity contribution in [2.75, 3.05) is 36.8 Å². The van der Waals surface area contributed by atoms with E-state index in [-0.39, 0.29) is 17.0 Å². The molecule has 3 nitrogen and oxygen atoms in total. The molecule has 1 fully saturated rings. The van der Waals surface area contributed by atoms with Crippen LogP contribution < -0.4 is 4.90 Å². The van der Waals surface area contributed by atoms with Gasteiger partial charge in [0.1, 0.15) is 11.6 Å². The van der Waals surface area contributed by atoms with Crippen molar-refractivity contribution >= 4 is 23.4 Å². The first kappa shape index (κ1) is 20.6. The minimum atomic E-state index is -0.428. The van der Waals surface area contributed by atoms with Crippen LogP contribution in [-0.4, -0.2) is 42.7 Å². The van der Waals surface area contributed by atoms with Gasteiger partial charge in [-0.1, -0.05) is 0 Å². The second-order valence-electron chi connectivity index (χ2n) is 6.83. The third-order valence-corrected chi connectivity index (χ3v) is 6.49. The highest BCUT2D eigenvalue weighted by Crippen LogP contribution is 2.36. The quantitative estimate of drug-likeness (QED) is 0.690. The molecular weight excluding hydrogens is 378 g/mol. The molecule has 0 radical (unpaired) electrons. The largest absolute Gasteiger partial charge is 0.372 e. The van der Waals surface area contributed by atoms with Crippen LogP contribution in [0.2, 0.25) is 0 Å². The van der Waals surface area contributed by atoms with E-state index in [0.717, 1.165) is 24.8 Å². The lowest BCUT2D eigenvalue weighted by Crippen LogP contribution is -2.33. The average Bonchev–Trinajstić information content (AvgIpc) is 2.97. The second-order valence-corrected chi connectivity index (χ2v) is 8.14. The lowest BCUT2D eigenvalue weighted by Gasteiger charge is -2.23. The van der Waals surface area contributed by atoms with Gasteiger partial charge in [0.25, 0.3) is 5.91 Å². The second kappa shape index (κ2) is 9.41. The van der Waals surface area contributed by atoms with Gasteiger partial charge in [-0.25, -0.2) is 8.78 Å². The molecule has 1 amide bonds. The number of amides is 1. The summed E-state index contributed by atoms with van der Waals surface area (Å²) in [6, 6.07) is 11.3. The molecule has 6 heteroatoms. The Morgan fingerprint density at radius 3 is 2.50 bits per heavy atom.